The standard InChI is InChI=1S/C12H18ClN3O4/c1-12(2,3)20-11(19)15-8(10(17)18)5-7-16-9(13)4-6-14-16/h4,6,8H,5,7H2,1-3H3,(H,15,19)(H,17,18). The highest BCUT2D eigenvalue weighted by molar-refractivity contribution is 6.29. The number of halogens is 1. The molecule has 0 aliphatic carbocycles. The fourth-order valence-corrected chi connectivity index (χ4v) is 1.62. The summed E-state index contributed by atoms with van der Waals surface area (Å²) in [4.78, 5) is 22.7. The van der Waals surface area contributed by atoms with Gasteiger partial charge in [0.05, 0.1) is 6.20 Å². The normalized spacial score (nSPS) is 12.8. The van der Waals surface area contributed by atoms with E-state index in [-0.39, 0.29) is 13.0 Å². The molecule has 1 heterocycles. The second kappa shape index (κ2) is 6.60. The van der Waals surface area contributed by atoms with Crippen LogP contribution < -0.4 is 5.32 Å². The van der Waals surface area contributed by atoms with Gasteiger partial charge in [-0.15, -0.1) is 0 Å². The van der Waals surface area contributed by atoms with Crippen molar-refractivity contribution in [1.29, 1.82) is 0 Å². The van der Waals surface area contributed by atoms with E-state index in [9.17, 15) is 9.59 Å². The lowest BCUT2D eigenvalue weighted by Gasteiger charge is -2.22. The van der Waals surface area contributed by atoms with Gasteiger partial charge in [-0.25, -0.2) is 9.59 Å². The van der Waals surface area contributed by atoms with Gasteiger partial charge in [-0.3, -0.25) is 4.68 Å². The van der Waals surface area contributed by atoms with E-state index in [2.05, 4.69) is 10.4 Å². The van der Waals surface area contributed by atoms with Crippen molar-refractivity contribution in [3.8, 4) is 0 Å². The third-order valence-electron chi connectivity index (χ3n) is 2.28. The molecular formula is C12H18ClN3O4. The first-order valence-corrected chi connectivity index (χ1v) is 6.46. The van der Waals surface area contributed by atoms with Gasteiger partial charge in [0.25, 0.3) is 0 Å². The van der Waals surface area contributed by atoms with Crippen molar-refractivity contribution in [2.24, 2.45) is 0 Å². The minimum atomic E-state index is -1.14. The average Bonchev–Trinajstić information content (AvgIpc) is 2.67. The number of aliphatic carboxylic acids is 1. The minimum absolute atomic E-state index is 0.149. The van der Waals surface area contributed by atoms with E-state index in [4.69, 9.17) is 21.4 Å². The van der Waals surface area contributed by atoms with Crippen molar-refractivity contribution in [1.82, 2.24) is 15.1 Å². The number of nitrogens with zero attached hydrogens (tertiary/aromatic N) is 2. The van der Waals surface area contributed by atoms with Gasteiger partial charge in [0.1, 0.15) is 16.8 Å². The lowest BCUT2D eigenvalue weighted by Crippen LogP contribution is -2.44. The molecule has 1 unspecified atom stereocenters. The number of alkyl carbamates (subject to hydrolysis) is 1. The van der Waals surface area contributed by atoms with Crippen molar-refractivity contribution in [2.45, 2.75) is 45.4 Å². The van der Waals surface area contributed by atoms with Gasteiger partial charge >= 0.3 is 12.1 Å². The topological polar surface area (TPSA) is 93.5 Å². The van der Waals surface area contributed by atoms with Gasteiger partial charge in [0, 0.05) is 6.54 Å². The lowest BCUT2D eigenvalue weighted by atomic mass is 10.2. The number of aryl methyl sites for hydroxylation is 1. The minimum Gasteiger partial charge on any atom is -0.480 e. The number of nitrogens with one attached hydrogen (secondary N) is 1. The molecule has 1 rings (SSSR count). The summed E-state index contributed by atoms with van der Waals surface area (Å²) in [5.74, 6) is -1.14. The van der Waals surface area contributed by atoms with E-state index in [1.807, 2.05) is 0 Å². The van der Waals surface area contributed by atoms with Gasteiger partial charge in [0.15, 0.2) is 0 Å². The number of amides is 1. The first kappa shape index (κ1) is 16.3. The highest BCUT2D eigenvalue weighted by Crippen LogP contribution is 2.10. The molecule has 1 aromatic heterocycles. The van der Waals surface area contributed by atoms with Crippen LogP contribution in [-0.2, 0) is 16.1 Å². The summed E-state index contributed by atoms with van der Waals surface area (Å²) in [5.41, 5.74) is -0.682. The first-order valence-electron chi connectivity index (χ1n) is 6.08. The molecule has 1 atom stereocenters. The molecule has 0 aromatic carbocycles. The maximum Gasteiger partial charge on any atom is 0.408 e. The molecule has 7 nitrogen and oxygen atoms in total. The van der Waals surface area contributed by atoms with Crippen molar-refractivity contribution < 1.29 is 19.4 Å². The summed E-state index contributed by atoms with van der Waals surface area (Å²) in [6.07, 6.45) is 0.895. The summed E-state index contributed by atoms with van der Waals surface area (Å²) in [5, 5.41) is 15.7. The molecule has 0 aliphatic rings. The molecule has 0 saturated heterocycles. The molecule has 0 aliphatic heterocycles. The van der Waals surface area contributed by atoms with Crippen LogP contribution in [0.2, 0.25) is 5.15 Å². The molecule has 1 aromatic rings. The Morgan fingerprint density at radius 3 is 2.65 bits per heavy atom. The van der Waals surface area contributed by atoms with Crippen LogP contribution in [-0.4, -0.2) is 38.6 Å². The van der Waals surface area contributed by atoms with Crippen LogP contribution >= 0.6 is 11.6 Å². The van der Waals surface area contributed by atoms with E-state index >= 15 is 0 Å². The van der Waals surface area contributed by atoms with E-state index < -0.39 is 23.7 Å². The van der Waals surface area contributed by atoms with Crippen LogP contribution in [0.5, 0.6) is 0 Å². The quantitative estimate of drug-likeness (QED) is 0.866. The van der Waals surface area contributed by atoms with Crippen molar-refractivity contribution in [3.05, 3.63) is 17.4 Å². The van der Waals surface area contributed by atoms with Crippen molar-refractivity contribution in [3.63, 3.8) is 0 Å². The molecule has 0 radical (unpaired) electrons. The van der Waals surface area contributed by atoms with Gasteiger partial charge in [-0.2, -0.15) is 5.10 Å². The second-order valence-electron chi connectivity index (χ2n) is 5.20. The number of carboxylic acids is 1. The van der Waals surface area contributed by atoms with E-state index in [1.165, 1.54) is 10.9 Å². The molecule has 0 fully saturated rings. The third-order valence-corrected chi connectivity index (χ3v) is 2.60. The molecule has 8 heteroatoms. The molecule has 0 saturated carbocycles. The highest BCUT2D eigenvalue weighted by Gasteiger charge is 2.24. The number of hydrogen-bond donors (Lipinski definition) is 2. The predicted octanol–water partition coefficient (Wildman–Crippen LogP) is 1.90. The second-order valence-corrected chi connectivity index (χ2v) is 5.59. The zero-order chi connectivity index (χ0) is 15.3. The number of rotatable bonds is 5. The maximum atomic E-state index is 11.6. The average molecular weight is 304 g/mol. The predicted molar refractivity (Wildman–Crippen MR) is 72.6 cm³/mol. The Kier molecular flexibility index (Phi) is 5.38. The van der Waals surface area contributed by atoms with Crippen molar-refractivity contribution in [2.75, 3.05) is 0 Å². The summed E-state index contributed by atoms with van der Waals surface area (Å²) in [7, 11) is 0. The Bertz CT molecular complexity index is 481. The number of ether oxygens (including phenoxy) is 1. The van der Waals surface area contributed by atoms with E-state index in [0.29, 0.717) is 5.15 Å². The molecule has 2 N–H and O–H groups in total. The fourth-order valence-electron chi connectivity index (χ4n) is 1.44. The fraction of sp³-hybridized carbons (Fsp3) is 0.583. The molecular weight excluding hydrogens is 286 g/mol. The smallest absolute Gasteiger partial charge is 0.408 e. The number of carboxylic acid groups (broad SMARTS) is 1. The Labute approximate surface area is 121 Å². The number of aromatic nitrogens is 2. The zero-order valence-electron chi connectivity index (χ0n) is 11.6. The number of hydrogen-bond acceptors (Lipinski definition) is 4. The van der Waals surface area contributed by atoms with Crippen LogP contribution in [0, 0.1) is 0 Å². The van der Waals surface area contributed by atoms with Gasteiger partial charge < -0.3 is 15.2 Å². The monoisotopic (exact) mass is 303 g/mol. The Hall–Kier alpha value is -1.76. The van der Waals surface area contributed by atoms with Crippen LogP contribution in [0.1, 0.15) is 27.2 Å². The Balaban J connectivity index is 2.55. The Morgan fingerprint density at radius 1 is 1.55 bits per heavy atom. The first-order chi connectivity index (χ1) is 9.19. The molecule has 1 amide bonds. The highest BCUT2D eigenvalue weighted by atomic mass is 35.5. The van der Waals surface area contributed by atoms with Gasteiger partial charge in [0.2, 0.25) is 0 Å². The summed E-state index contributed by atoms with van der Waals surface area (Å²) >= 11 is 5.84. The Morgan fingerprint density at radius 2 is 2.20 bits per heavy atom. The van der Waals surface area contributed by atoms with Crippen LogP contribution in [0.25, 0.3) is 0 Å². The van der Waals surface area contributed by atoms with Gasteiger partial charge in [-0.1, -0.05) is 11.6 Å². The SMILES string of the molecule is CC(C)(C)OC(=O)NC(CCn1nccc1Cl)C(=O)O. The molecule has 0 spiro atoms. The number of carbonyl (C=O) groups excluding carboxylic acids is 1. The van der Waals surface area contributed by atoms with E-state index in [0.717, 1.165) is 0 Å². The van der Waals surface area contributed by atoms with E-state index in [1.54, 1.807) is 26.8 Å². The molecule has 0 bridgehead atoms. The van der Waals surface area contributed by atoms with Crippen LogP contribution in [0.15, 0.2) is 12.3 Å². The van der Waals surface area contributed by atoms with Crippen LogP contribution in [0.4, 0.5) is 4.79 Å². The summed E-state index contributed by atoms with van der Waals surface area (Å²) in [6.45, 7) is 5.38. The van der Waals surface area contributed by atoms with Crippen LogP contribution in [0.3, 0.4) is 0 Å². The number of carbonyl (C=O) groups is 2. The lowest BCUT2D eigenvalue weighted by molar-refractivity contribution is -0.139. The summed E-state index contributed by atoms with van der Waals surface area (Å²) in [6, 6.07) is 0.531. The van der Waals surface area contributed by atoms with Crippen molar-refractivity contribution >= 4 is 23.7 Å². The molecule has 20 heavy (non-hydrogen) atoms. The maximum absolute atomic E-state index is 11.6. The molecule has 112 valence electrons. The largest absolute Gasteiger partial charge is 0.480 e. The van der Waals surface area contributed by atoms with Gasteiger partial charge in [-0.05, 0) is 33.3 Å². The summed E-state index contributed by atoms with van der Waals surface area (Å²) < 4.78 is 6.47. The third kappa shape index (κ3) is 5.48. The zero-order valence-corrected chi connectivity index (χ0v) is 12.3.